The molecular formula is C15H15N3O2S. The summed E-state index contributed by atoms with van der Waals surface area (Å²) in [5.41, 5.74) is 2.14. The van der Waals surface area contributed by atoms with Crippen LogP contribution in [0.3, 0.4) is 0 Å². The molecule has 1 aromatic heterocycles. The highest BCUT2D eigenvalue weighted by molar-refractivity contribution is 7.03. The molecular weight excluding hydrogens is 286 g/mol. The summed E-state index contributed by atoms with van der Waals surface area (Å²) >= 11 is 1.14. The Kier molecular flexibility index (Phi) is 5.43. The van der Waals surface area contributed by atoms with E-state index in [0.717, 1.165) is 22.7 Å². The van der Waals surface area contributed by atoms with Crippen molar-refractivity contribution in [3.63, 3.8) is 0 Å². The summed E-state index contributed by atoms with van der Waals surface area (Å²) in [7, 11) is 0. The van der Waals surface area contributed by atoms with Gasteiger partial charge in [0.05, 0.1) is 12.6 Å². The van der Waals surface area contributed by atoms with E-state index < -0.39 is 0 Å². The lowest BCUT2D eigenvalue weighted by Gasteiger charge is -2.13. The molecule has 0 aliphatic heterocycles. The van der Waals surface area contributed by atoms with Crippen molar-refractivity contribution >= 4 is 17.4 Å². The number of hydrogen-bond donors (Lipinski definition) is 2. The van der Waals surface area contributed by atoms with Gasteiger partial charge in [0.25, 0.3) is 5.91 Å². The average molecular weight is 301 g/mol. The van der Waals surface area contributed by atoms with Gasteiger partial charge in [0, 0.05) is 17.4 Å². The maximum atomic E-state index is 11.9. The number of carbonyl (C=O) groups excluding carboxylic acids is 1. The maximum absolute atomic E-state index is 11.9. The summed E-state index contributed by atoms with van der Waals surface area (Å²) in [6.45, 7) is 1.96. The standard InChI is InChI=1S/C15H15N3O2S/c1-11(16-15(20)14-10-21-18-17-14)13-7-4-6-12(9-13)5-2-3-8-19/h4,6-7,9-11,19H,3,8H2,1H3,(H,16,20). The maximum Gasteiger partial charge on any atom is 0.273 e. The van der Waals surface area contributed by atoms with Crippen LogP contribution in [-0.4, -0.2) is 27.2 Å². The van der Waals surface area contributed by atoms with Crippen molar-refractivity contribution in [2.24, 2.45) is 0 Å². The number of amides is 1. The van der Waals surface area contributed by atoms with E-state index in [0.29, 0.717) is 12.1 Å². The highest BCUT2D eigenvalue weighted by atomic mass is 32.1. The molecule has 0 fully saturated rings. The number of aliphatic hydroxyl groups excluding tert-OH is 1. The Hall–Kier alpha value is -2.23. The normalized spacial score (nSPS) is 11.3. The predicted octanol–water partition coefficient (Wildman–Crippen LogP) is 1.76. The predicted molar refractivity (Wildman–Crippen MR) is 80.8 cm³/mol. The van der Waals surface area contributed by atoms with E-state index in [-0.39, 0.29) is 18.6 Å². The van der Waals surface area contributed by atoms with Gasteiger partial charge < -0.3 is 10.4 Å². The van der Waals surface area contributed by atoms with Gasteiger partial charge in [-0.1, -0.05) is 28.5 Å². The molecule has 1 unspecified atom stereocenters. The molecule has 2 aromatic rings. The van der Waals surface area contributed by atoms with Crippen molar-refractivity contribution in [3.05, 3.63) is 46.5 Å². The quantitative estimate of drug-likeness (QED) is 0.844. The van der Waals surface area contributed by atoms with Gasteiger partial charge in [0.2, 0.25) is 0 Å². The molecule has 5 nitrogen and oxygen atoms in total. The molecule has 1 aromatic carbocycles. The summed E-state index contributed by atoms with van der Waals surface area (Å²) in [5.74, 6) is 5.61. The third kappa shape index (κ3) is 4.38. The van der Waals surface area contributed by atoms with Gasteiger partial charge in [-0.25, -0.2) is 0 Å². The Morgan fingerprint density at radius 1 is 1.52 bits per heavy atom. The van der Waals surface area contributed by atoms with Crippen molar-refractivity contribution in [2.45, 2.75) is 19.4 Å². The minimum absolute atomic E-state index is 0.0564. The second-order valence-corrected chi connectivity index (χ2v) is 5.00. The molecule has 1 amide bonds. The highest BCUT2D eigenvalue weighted by Crippen LogP contribution is 2.14. The van der Waals surface area contributed by atoms with Crippen molar-refractivity contribution in [1.82, 2.24) is 14.9 Å². The van der Waals surface area contributed by atoms with Gasteiger partial charge in [-0.3, -0.25) is 4.79 Å². The molecule has 0 aliphatic carbocycles. The molecule has 1 heterocycles. The Morgan fingerprint density at radius 2 is 2.38 bits per heavy atom. The third-order valence-corrected chi connectivity index (χ3v) is 3.30. The Labute approximate surface area is 127 Å². The SMILES string of the molecule is CC(NC(=O)c1csnn1)c1cccc(C#CCCO)c1. The Bertz CT molecular complexity index is 659. The highest BCUT2D eigenvalue weighted by Gasteiger charge is 2.13. The van der Waals surface area contributed by atoms with Gasteiger partial charge >= 0.3 is 0 Å². The van der Waals surface area contributed by atoms with Crippen LogP contribution in [0.4, 0.5) is 0 Å². The second kappa shape index (κ2) is 7.53. The number of nitrogens with one attached hydrogen (secondary N) is 1. The molecule has 21 heavy (non-hydrogen) atoms. The number of carbonyl (C=O) groups is 1. The van der Waals surface area contributed by atoms with Gasteiger partial charge in [0.1, 0.15) is 0 Å². The summed E-state index contributed by atoms with van der Waals surface area (Å²) in [6.07, 6.45) is 0.452. The first-order valence-corrected chi connectivity index (χ1v) is 7.32. The van der Waals surface area contributed by atoms with E-state index in [1.807, 2.05) is 31.2 Å². The van der Waals surface area contributed by atoms with Gasteiger partial charge in [0.15, 0.2) is 5.69 Å². The van der Waals surface area contributed by atoms with E-state index in [9.17, 15) is 4.79 Å². The van der Waals surface area contributed by atoms with E-state index in [1.165, 1.54) is 0 Å². The Balaban J connectivity index is 2.06. The van der Waals surface area contributed by atoms with E-state index in [1.54, 1.807) is 5.38 Å². The monoisotopic (exact) mass is 301 g/mol. The lowest BCUT2D eigenvalue weighted by atomic mass is 10.1. The number of aliphatic hydroxyl groups is 1. The van der Waals surface area contributed by atoms with Gasteiger partial charge in [-0.15, -0.1) is 5.10 Å². The molecule has 1 atom stereocenters. The minimum atomic E-state index is -0.243. The first-order chi connectivity index (χ1) is 10.2. The molecule has 0 saturated heterocycles. The number of rotatable bonds is 4. The third-order valence-electron chi connectivity index (χ3n) is 2.80. The summed E-state index contributed by atoms with van der Waals surface area (Å²) in [5, 5.41) is 16.9. The van der Waals surface area contributed by atoms with Crippen LogP contribution in [0.2, 0.25) is 0 Å². The number of nitrogens with zero attached hydrogens (tertiary/aromatic N) is 2. The van der Waals surface area contributed by atoms with E-state index >= 15 is 0 Å². The van der Waals surface area contributed by atoms with Crippen LogP contribution >= 0.6 is 11.5 Å². The summed E-state index contributed by atoms with van der Waals surface area (Å²) in [4.78, 5) is 11.9. The number of hydrogen-bond acceptors (Lipinski definition) is 5. The zero-order chi connectivity index (χ0) is 15.1. The van der Waals surface area contributed by atoms with Gasteiger partial charge in [-0.05, 0) is 36.2 Å². The molecule has 0 saturated carbocycles. The molecule has 108 valence electrons. The van der Waals surface area contributed by atoms with Gasteiger partial charge in [-0.2, -0.15) is 0 Å². The topological polar surface area (TPSA) is 75.1 Å². The summed E-state index contributed by atoms with van der Waals surface area (Å²) < 4.78 is 3.67. The zero-order valence-electron chi connectivity index (χ0n) is 11.5. The molecule has 0 aliphatic rings. The molecule has 0 bridgehead atoms. The lowest BCUT2D eigenvalue weighted by molar-refractivity contribution is 0.0935. The van der Waals surface area contributed by atoms with Crippen molar-refractivity contribution < 1.29 is 9.90 Å². The molecule has 0 radical (unpaired) electrons. The van der Waals surface area contributed by atoms with Crippen LogP contribution < -0.4 is 5.32 Å². The molecule has 0 spiro atoms. The van der Waals surface area contributed by atoms with Crippen LogP contribution in [0.1, 0.15) is 41.0 Å². The van der Waals surface area contributed by atoms with Crippen molar-refractivity contribution in [3.8, 4) is 11.8 Å². The van der Waals surface area contributed by atoms with Crippen LogP contribution in [-0.2, 0) is 0 Å². The van der Waals surface area contributed by atoms with Crippen LogP contribution in [0.5, 0.6) is 0 Å². The first-order valence-electron chi connectivity index (χ1n) is 6.48. The van der Waals surface area contributed by atoms with E-state index in [4.69, 9.17) is 5.11 Å². The fourth-order valence-corrected chi connectivity index (χ4v) is 2.16. The lowest BCUT2D eigenvalue weighted by Crippen LogP contribution is -2.26. The van der Waals surface area contributed by atoms with Crippen molar-refractivity contribution in [1.29, 1.82) is 0 Å². The first kappa shape index (κ1) is 15.2. The van der Waals surface area contributed by atoms with Crippen LogP contribution in [0, 0.1) is 11.8 Å². The van der Waals surface area contributed by atoms with Crippen LogP contribution in [0.15, 0.2) is 29.6 Å². The number of benzene rings is 1. The zero-order valence-corrected chi connectivity index (χ0v) is 12.4. The second-order valence-electron chi connectivity index (χ2n) is 4.39. The average Bonchev–Trinajstić information content (AvgIpc) is 3.02. The molecule has 2 rings (SSSR count). The largest absolute Gasteiger partial charge is 0.395 e. The fourth-order valence-electron chi connectivity index (χ4n) is 1.72. The van der Waals surface area contributed by atoms with Crippen molar-refractivity contribution in [2.75, 3.05) is 6.61 Å². The number of aromatic nitrogens is 2. The Morgan fingerprint density at radius 3 is 3.10 bits per heavy atom. The smallest absolute Gasteiger partial charge is 0.273 e. The van der Waals surface area contributed by atoms with Crippen LogP contribution in [0.25, 0.3) is 0 Å². The molecule has 2 N–H and O–H groups in total. The molecule has 6 heteroatoms. The minimum Gasteiger partial charge on any atom is -0.395 e. The summed E-state index contributed by atoms with van der Waals surface area (Å²) in [6, 6.07) is 7.49. The fraction of sp³-hybridized carbons (Fsp3) is 0.267. The van der Waals surface area contributed by atoms with E-state index in [2.05, 4.69) is 26.7 Å².